The summed E-state index contributed by atoms with van der Waals surface area (Å²) in [5.74, 6) is 0. The van der Waals surface area contributed by atoms with Gasteiger partial charge in [-0.2, -0.15) is 0 Å². The van der Waals surface area contributed by atoms with Crippen LogP contribution in [-0.2, 0) is 12.0 Å². The molecule has 0 unspecified atom stereocenters. The predicted molar refractivity (Wildman–Crippen MR) is 83.9 cm³/mol. The van der Waals surface area contributed by atoms with E-state index in [1.807, 2.05) is 0 Å². The monoisotopic (exact) mass is 287 g/mol. The van der Waals surface area contributed by atoms with E-state index in [-0.39, 0.29) is 5.41 Å². The van der Waals surface area contributed by atoms with E-state index in [1.54, 1.807) is 11.3 Å². The summed E-state index contributed by atoms with van der Waals surface area (Å²) in [5, 5.41) is 14.3. The second-order valence-electron chi connectivity index (χ2n) is 6.45. The van der Waals surface area contributed by atoms with Gasteiger partial charge < -0.3 is 5.32 Å². The first kappa shape index (κ1) is 13.7. The van der Waals surface area contributed by atoms with Crippen molar-refractivity contribution >= 4 is 11.3 Å². The average molecular weight is 287 g/mol. The molecule has 1 aliphatic rings. The summed E-state index contributed by atoms with van der Waals surface area (Å²) in [6, 6.07) is 9.23. The molecule has 0 radical (unpaired) electrons. The van der Waals surface area contributed by atoms with Crippen LogP contribution in [0.4, 0.5) is 0 Å². The smallest absolute Gasteiger partial charge is 0.148 e. The van der Waals surface area contributed by atoms with Gasteiger partial charge in [0.15, 0.2) is 0 Å². The van der Waals surface area contributed by atoms with Crippen molar-refractivity contribution in [3.63, 3.8) is 0 Å². The number of benzene rings is 1. The van der Waals surface area contributed by atoms with Crippen LogP contribution in [0, 0.1) is 0 Å². The van der Waals surface area contributed by atoms with Crippen molar-refractivity contribution in [1.82, 2.24) is 15.5 Å². The van der Waals surface area contributed by atoms with Gasteiger partial charge in [-0.25, -0.2) is 0 Å². The van der Waals surface area contributed by atoms with Crippen molar-refractivity contribution in [2.75, 3.05) is 0 Å². The first-order valence-electron chi connectivity index (χ1n) is 7.20. The molecule has 3 rings (SSSR count). The zero-order chi connectivity index (χ0) is 14.2. The third-order valence-corrected chi connectivity index (χ3v) is 4.51. The first-order chi connectivity index (χ1) is 9.54. The van der Waals surface area contributed by atoms with E-state index in [9.17, 15) is 0 Å². The molecule has 0 saturated heterocycles. The van der Waals surface area contributed by atoms with Crippen LogP contribution in [0.5, 0.6) is 0 Å². The Hall–Kier alpha value is -1.26. The third-order valence-electron chi connectivity index (χ3n) is 3.55. The Bertz CT molecular complexity index is 594. The zero-order valence-electron chi connectivity index (χ0n) is 12.3. The Morgan fingerprint density at radius 2 is 1.95 bits per heavy atom. The molecule has 106 valence electrons. The molecule has 2 aromatic rings. The highest BCUT2D eigenvalue weighted by molar-refractivity contribution is 7.14. The van der Waals surface area contributed by atoms with E-state index in [1.165, 1.54) is 24.0 Å². The molecule has 1 aromatic carbocycles. The summed E-state index contributed by atoms with van der Waals surface area (Å²) < 4.78 is 0. The van der Waals surface area contributed by atoms with Crippen molar-refractivity contribution in [2.45, 2.75) is 51.6 Å². The van der Waals surface area contributed by atoms with Crippen molar-refractivity contribution in [2.24, 2.45) is 0 Å². The fourth-order valence-electron chi connectivity index (χ4n) is 2.28. The van der Waals surface area contributed by atoms with Gasteiger partial charge in [-0.3, -0.25) is 0 Å². The Kier molecular flexibility index (Phi) is 3.61. The second-order valence-corrected chi connectivity index (χ2v) is 7.51. The summed E-state index contributed by atoms with van der Waals surface area (Å²) in [6.07, 6.45) is 2.61. The Morgan fingerprint density at radius 1 is 1.20 bits per heavy atom. The Balaban J connectivity index is 1.85. The van der Waals surface area contributed by atoms with Gasteiger partial charge in [0.25, 0.3) is 0 Å². The maximum Gasteiger partial charge on any atom is 0.148 e. The van der Waals surface area contributed by atoms with Crippen LogP contribution >= 0.6 is 11.3 Å². The van der Waals surface area contributed by atoms with Gasteiger partial charge >= 0.3 is 0 Å². The quantitative estimate of drug-likeness (QED) is 0.930. The Labute approximate surface area is 124 Å². The molecule has 1 saturated carbocycles. The van der Waals surface area contributed by atoms with Gasteiger partial charge in [-0.05, 0) is 23.8 Å². The van der Waals surface area contributed by atoms with Crippen LogP contribution < -0.4 is 5.32 Å². The summed E-state index contributed by atoms with van der Waals surface area (Å²) >= 11 is 1.70. The number of hydrogen-bond donors (Lipinski definition) is 1. The van der Waals surface area contributed by atoms with Crippen LogP contribution in [0.1, 0.15) is 44.2 Å². The van der Waals surface area contributed by atoms with Gasteiger partial charge in [0.1, 0.15) is 10.0 Å². The molecular formula is C16H21N3S. The standard InChI is InChI=1S/C16H21N3S/c1-16(2,3)13-7-5-4-6-12(13)15-19-18-14(20-15)10-17-11-8-9-11/h4-7,11,17H,8-10H2,1-3H3. The molecule has 1 aliphatic carbocycles. The lowest BCUT2D eigenvalue weighted by Crippen LogP contribution is -2.14. The lowest BCUT2D eigenvalue weighted by Gasteiger charge is -2.21. The third kappa shape index (κ3) is 3.07. The van der Waals surface area contributed by atoms with E-state index in [4.69, 9.17) is 0 Å². The van der Waals surface area contributed by atoms with Gasteiger partial charge in [-0.15, -0.1) is 10.2 Å². The van der Waals surface area contributed by atoms with E-state index in [0.717, 1.165) is 16.6 Å². The highest BCUT2D eigenvalue weighted by atomic mass is 32.1. The van der Waals surface area contributed by atoms with E-state index in [2.05, 4.69) is 60.6 Å². The van der Waals surface area contributed by atoms with E-state index in [0.29, 0.717) is 6.04 Å². The minimum absolute atomic E-state index is 0.120. The number of aromatic nitrogens is 2. The van der Waals surface area contributed by atoms with Crippen molar-refractivity contribution in [1.29, 1.82) is 0 Å². The normalized spacial score (nSPS) is 15.6. The largest absolute Gasteiger partial charge is 0.308 e. The fourth-order valence-corrected chi connectivity index (χ4v) is 3.11. The maximum atomic E-state index is 4.39. The van der Waals surface area contributed by atoms with Crippen molar-refractivity contribution < 1.29 is 0 Å². The van der Waals surface area contributed by atoms with Gasteiger partial charge in [-0.1, -0.05) is 56.4 Å². The molecule has 1 N–H and O–H groups in total. The van der Waals surface area contributed by atoms with Gasteiger partial charge in [0.2, 0.25) is 0 Å². The van der Waals surface area contributed by atoms with E-state index < -0.39 is 0 Å². The molecule has 0 aliphatic heterocycles. The van der Waals surface area contributed by atoms with Gasteiger partial charge in [0.05, 0.1) is 0 Å². The van der Waals surface area contributed by atoms with Crippen LogP contribution in [0.15, 0.2) is 24.3 Å². The van der Waals surface area contributed by atoms with Crippen LogP contribution in [0.2, 0.25) is 0 Å². The molecule has 1 heterocycles. The molecule has 0 atom stereocenters. The van der Waals surface area contributed by atoms with Crippen molar-refractivity contribution in [3.05, 3.63) is 34.8 Å². The lowest BCUT2D eigenvalue weighted by atomic mass is 9.84. The molecular weight excluding hydrogens is 266 g/mol. The molecule has 3 nitrogen and oxygen atoms in total. The molecule has 4 heteroatoms. The average Bonchev–Trinajstić information content (AvgIpc) is 3.12. The minimum Gasteiger partial charge on any atom is -0.308 e. The van der Waals surface area contributed by atoms with Crippen LogP contribution in [0.25, 0.3) is 10.6 Å². The zero-order valence-corrected chi connectivity index (χ0v) is 13.1. The molecule has 0 amide bonds. The van der Waals surface area contributed by atoms with Crippen LogP contribution in [-0.4, -0.2) is 16.2 Å². The number of nitrogens with one attached hydrogen (secondary N) is 1. The number of nitrogens with zero attached hydrogens (tertiary/aromatic N) is 2. The summed E-state index contributed by atoms with van der Waals surface area (Å²) in [5.41, 5.74) is 2.67. The lowest BCUT2D eigenvalue weighted by molar-refractivity contribution is 0.592. The minimum atomic E-state index is 0.120. The molecule has 1 aromatic heterocycles. The summed E-state index contributed by atoms with van der Waals surface area (Å²) in [4.78, 5) is 0. The number of hydrogen-bond acceptors (Lipinski definition) is 4. The Morgan fingerprint density at radius 3 is 2.65 bits per heavy atom. The first-order valence-corrected chi connectivity index (χ1v) is 8.01. The predicted octanol–water partition coefficient (Wildman–Crippen LogP) is 3.75. The molecule has 20 heavy (non-hydrogen) atoms. The summed E-state index contributed by atoms with van der Waals surface area (Å²) in [7, 11) is 0. The van der Waals surface area contributed by atoms with Crippen molar-refractivity contribution in [3.8, 4) is 10.6 Å². The topological polar surface area (TPSA) is 37.8 Å². The second kappa shape index (κ2) is 5.26. The molecule has 0 spiro atoms. The maximum absolute atomic E-state index is 4.39. The molecule has 0 bridgehead atoms. The number of rotatable bonds is 4. The molecule has 1 fully saturated rings. The van der Waals surface area contributed by atoms with Crippen LogP contribution in [0.3, 0.4) is 0 Å². The van der Waals surface area contributed by atoms with Gasteiger partial charge in [0, 0.05) is 18.2 Å². The van der Waals surface area contributed by atoms with E-state index >= 15 is 0 Å². The SMILES string of the molecule is CC(C)(C)c1ccccc1-c1nnc(CNC2CC2)s1. The fraction of sp³-hybridized carbons (Fsp3) is 0.500. The summed E-state index contributed by atoms with van der Waals surface area (Å²) in [6.45, 7) is 7.56. The highest BCUT2D eigenvalue weighted by Gasteiger charge is 2.22. The highest BCUT2D eigenvalue weighted by Crippen LogP contribution is 2.34.